The highest BCUT2D eigenvalue weighted by Gasteiger charge is 2.23. The van der Waals surface area contributed by atoms with E-state index in [-0.39, 0.29) is 5.92 Å². The minimum atomic E-state index is -2.86. The average molecular weight is 271 g/mol. The van der Waals surface area contributed by atoms with Gasteiger partial charge in [0.15, 0.2) is 0 Å². The van der Waals surface area contributed by atoms with E-state index in [0.29, 0.717) is 5.75 Å². The van der Waals surface area contributed by atoms with Gasteiger partial charge in [0.2, 0.25) is 0 Å². The molecule has 2 heterocycles. The zero-order valence-corrected chi connectivity index (χ0v) is 11.9. The highest BCUT2D eigenvalue weighted by molar-refractivity contribution is 7.90. The second-order valence-electron chi connectivity index (χ2n) is 5.33. The van der Waals surface area contributed by atoms with Gasteiger partial charge in [-0.15, -0.1) is 0 Å². The lowest BCUT2D eigenvalue weighted by Gasteiger charge is -2.32. The maximum Gasteiger partial charge on any atom is 0.147 e. The number of aryl methyl sites for hydroxylation is 1. The molecule has 0 bridgehead atoms. The fourth-order valence-electron chi connectivity index (χ4n) is 2.63. The molecule has 1 aliphatic rings. The lowest BCUT2D eigenvalue weighted by atomic mass is 10.00. The first kappa shape index (κ1) is 13.5. The molecular formula is C12H21N3O2S. The number of likely N-dealkylation sites (tertiary alicyclic amines) is 1. The molecule has 1 aromatic rings. The molecule has 0 radical (unpaired) electrons. The van der Waals surface area contributed by atoms with Crippen molar-refractivity contribution < 1.29 is 8.42 Å². The van der Waals surface area contributed by atoms with E-state index >= 15 is 0 Å². The maximum absolute atomic E-state index is 11.3. The predicted molar refractivity (Wildman–Crippen MR) is 70.9 cm³/mol. The van der Waals surface area contributed by atoms with E-state index in [1.165, 1.54) is 11.9 Å². The number of nitrogens with zero attached hydrogens (tertiary/aromatic N) is 3. The molecule has 0 aromatic carbocycles. The average Bonchev–Trinajstić information content (AvgIpc) is 2.62. The molecule has 0 amide bonds. The molecule has 2 rings (SSSR count). The summed E-state index contributed by atoms with van der Waals surface area (Å²) in [4.78, 5) is 6.44. The summed E-state index contributed by atoms with van der Waals surface area (Å²) in [6.07, 6.45) is 7.10. The molecule has 0 spiro atoms. The second-order valence-corrected chi connectivity index (χ2v) is 7.52. The van der Waals surface area contributed by atoms with Crippen LogP contribution in [0, 0.1) is 5.92 Å². The maximum atomic E-state index is 11.3. The minimum Gasteiger partial charge on any atom is -0.337 e. The van der Waals surface area contributed by atoms with Crippen molar-refractivity contribution in [1.82, 2.24) is 14.5 Å². The Morgan fingerprint density at radius 3 is 2.89 bits per heavy atom. The number of hydrogen-bond donors (Lipinski definition) is 0. The molecule has 6 heteroatoms. The lowest BCUT2D eigenvalue weighted by Crippen LogP contribution is -2.37. The molecule has 1 aliphatic heterocycles. The third-order valence-corrected chi connectivity index (χ3v) is 4.52. The second kappa shape index (κ2) is 5.40. The molecule has 102 valence electrons. The first-order chi connectivity index (χ1) is 8.44. The largest absolute Gasteiger partial charge is 0.337 e. The molecule has 1 fully saturated rings. The van der Waals surface area contributed by atoms with Gasteiger partial charge in [0, 0.05) is 32.6 Å². The third-order valence-electron chi connectivity index (χ3n) is 3.44. The van der Waals surface area contributed by atoms with E-state index in [4.69, 9.17) is 0 Å². The number of rotatable bonds is 4. The Hall–Kier alpha value is -0.880. The smallest absolute Gasteiger partial charge is 0.147 e. The fraction of sp³-hybridized carbons (Fsp3) is 0.750. The van der Waals surface area contributed by atoms with Crippen LogP contribution in [0.2, 0.25) is 0 Å². The van der Waals surface area contributed by atoms with Crippen molar-refractivity contribution in [2.24, 2.45) is 13.0 Å². The monoisotopic (exact) mass is 271 g/mol. The Kier molecular flexibility index (Phi) is 4.07. The predicted octanol–water partition coefficient (Wildman–Crippen LogP) is 0.677. The SMILES string of the molecule is Cn1cncc1CN1CCCC(CS(C)(=O)=O)C1. The number of hydrogen-bond acceptors (Lipinski definition) is 4. The topological polar surface area (TPSA) is 55.2 Å². The molecule has 0 N–H and O–H groups in total. The molecule has 0 aliphatic carbocycles. The summed E-state index contributed by atoms with van der Waals surface area (Å²) in [5.41, 5.74) is 1.18. The summed E-state index contributed by atoms with van der Waals surface area (Å²) < 4.78 is 24.7. The number of sulfone groups is 1. The molecule has 1 unspecified atom stereocenters. The summed E-state index contributed by atoms with van der Waals surface area (Å²) >= 11 is 0. The van der Waals surface area contributed by atoms with Gasteiger partial charge < -0.3 is 4.57 Å². The van der Waals surface area contributed by atoms with Crippen LogP contribution in [-0.4, -0.2) is 48.0 Å². The van der Waals surface area contributed by atoms with Gasteiger partial charge in [-0.3, -0.25) is 4.90 Å². The van der Waals surface area contributed by atoms with Crippen molar-refractivity contribution in [3.63, 3.8) is 0 Å². The number of aromatic nitrogens is 2. The molecule has 0 saturated carbocycles. The quantitative estimate of drug-likeness (QED) is 0.808. The Morgan fingerprint density at radius 1 is 1.50 bits per heavy atom. The van der Waals surface area contributed by atoms with Crippen LogP contribution < -0.4 is 0 Å². The zero-order valence-electron chi connectivity index (χ0n) is 11.0. The van der Waals surface area contributed by atoms with E-state index in [0.717, 1.165) is 32.5 Å². The summed E-state index contributed by atoms with van der Waals surface area (Å²) in [7, 11) is -0.875. The summed E-state index contributed by atoms with van der Waals surface area (Å²) in [5, 5.41) is 0. The van der Waals surface area contributed by atoms with Gasteiger partial charge in [0.25, 0.3) is 0 Å². The first-order valence-electron chi connectivity index (χ1n) is 6.29. The van der Waals surface area contributed by atoms with Crippen molar-refractivity contribution in [2.45, 2.75) is 19.4 Å². The van der Waals surface area contributed by atoms with Crippen LogP contribution in [0.25, 0.3) is 0 Å². The molecule has 1 saturated heterocycles. The van der Waals surface area contributed by atoms with Gasteiger partial charge in [-0.05, 0) is 25.3 Å². The van der Waals surface area contributed by atoms with E-state index in [9.17, 15) is 8.42 Å². The molecule has 18 heavy (non-hydrogen) atoms. The zero-order chi connectivity index (χ0) is 13.2. The normalized spacial score (nSPS) is 22.2. The Balaban J connectivity index is 1.93. The first-order valence-corrected chi connectivity index (χ1v) is 8.35. The Morgan fingerprint density at radius 2 is 2.28 bits per heavy atom. The van der Waals surface area contributed by atoms with Gasteiger partial charge >= 0.3 is 0 Å². The minimum absolute atomic E-state index is 0.280. The number of piperidine rings is 1. The van der Waals surface area contributed by atoms with Crippen LogP contribution >= 0.6 is 0 Å². The van der Waals surface area contributed by atoms with Crippen LogP contribution in [0.4, 0.5) is 0 Å². The van der Waals surface area contributed by atoms with Crippen molar-refractivity contribution >= 4 is 9.84 Å². The summed E-state index contributed by atoms with van der Waals surface area (Å²) in [6.45, 7) is 2.78. The third kappa shape index (κ3) is 3.81. The van der Waals surface area contributed by atoms with Gasteiger partial charge in [-0.2, -0.15) is 0 Å². The van der Waals surface area contributed by atoms with Crippen LogP contribution in [0.5, 0.6) is 0 Å². The standard InChI is InChI=1S/C12H21N3O2S/c1-14-10-13-6-12(14)8-15-5-3-4-11(7-15)9-18(2,16)17/h6,10-11H,3-5,7-9H2,1-2H3. The Bertz CT molecular complexity index is 495. The number of imidazole rings is 1. The van der Waals surface area contributed by atoms with Crippen LogP contribution in [0.15, 0.2) is 12.5 Å². The highest BCUT2D eigenvalue weighted by Crippen LogP contribution is 2.19. The molecule has 5 nitrogen and oxygen atoms in total. The van der Waals surface area contributed by atoms with Crippen LogP contribution in [0.1, 0.15) is 18.5 Å². The fourth-order valence-corrected chi connectivity index (χ4v) is 3.75. The van der Waals surface area contributed by atoms with Crippen molar-refractivity contribution in [2.75, 3.05) is 25.1 Å². The van der Waals surface area contributed by atoms with E-state index in [1.807, 2.05) is 17.8 Å². The molecule has 1 aromatic heterocycles. The van der Waals surface area contributed by atoms with Gasteiger partial charge in [0.1, 0.15) is 9.84 Å². The van der Waals surface area contributed by atoms with Gasteiger partial charge in [-0.1, -0.05) is 0 Å². The van der Waals surface area contributed by atoms with E-state index < -0.39 is 9.84 Å². The van der Waals surface area contributed by atoms with E-state index in [1.54, 1.807) is 6.33 Å². The van der Waals surface area contributed by atoms with Crippen molar-refractivity contribution in [3.8, 4) is 0 Å². The van der Waals surface area contributed by atoms with Crippen LogP contribution in [0.3, 0.4) is 0 Å². The van der Waals surface area contributed by atoms with E-state index in [2.05, 4.69) is 9.88 Å². The highest BCUT2D eigenvalue weighted by atomic mass is 32.2. The molecular weight excluding hydrogens is 250 g/mol. The van der Waals surface area contributed by atoms with Crippen molar-refractivity contribution in [3.05, 3.63) is 18.2 Å². The molecule has 1 atom stereocenters. The Labute approximate surface area is 109 Å². The summed E-state index contributed by atoms with van der Waals surface area (Å²) in [6, 6.07) is 0. The van der Waals surface area contributed by atoms with Gasteiger partial charge in [0.05, 0.1) is 17.8 Å². The lowest BCUT2D eigenvalue weighted by molar-refractivity contribution is 0.174. The van der Waals surface area contributed by atoms with Crippen molar-refractivity contribution in [1.29, 1.82) is 0 Å². The van der Waals surface area contributed by atoms with Crippen LogP contribution in [-0.2, 0) is 23.4 Å². The summed E-state index contributed by atoms with van der Waals surface area (Å²) in [5.74, 6) is 0.594. The van der Waals surface area contributed by atoms with Gasteiger partial charge in [-0.25, -0.2) is 13.4 Å².